The maximum absolute atomic E-state index is 11.7. The molecular formula is C13H12O6. The summed E-state index contributed by atoms with van der Waals surface area (Å²) in [6, 6.07) is 3.09. The molecule has 1 aliphatic rings. The van der Waals surface area contributed by atoms with E-state index < -0.39 is 11.9 Å². The van der Waals surface area contributed by atoms with E-state index in [1.807, 2.05) is 0 Å². The molecule has 1 aromatic carbocycles. The van der Waals surface area contributed by atoms with Crippen LogP contribution in [0, 0.1) is 0 Å². The topological polar surface area (TPSA) is 71.1 Å². The van der Waals surface area contributed by atoms with Gasteiger partial charge in [0, 0.05) is 5.56 Å². The number of cyclic esters (lactones) is 1. The van der Waals surface area contributed by atoms with E-state index in [9.17, 15) is 9.59 Å². The molecule has 1 heterocycles. The van der Waals surface area contributed by atoms with Gasteiger partial charge in [0.15, 0.2) is 11.5 Å². The Labute approximate surface area is 109 Å². The molecule has 0 fully saturated rings. The summed E-state index contributed by atoms with van der Waals surface area (Å²) in [4.78, 5) is 22.9. The van der Waals surface area contributed by atoms with Gasteiger partial charge in [0.25, 0.3) is 0 Å². The standard InChI is InChI=1S/C13H12O6/c1-16-10-4-7-8(5-11(10)17-2)13(15)19-9(7)6-12(14)18-3/h4-6H,1-3H3/b9-6-. The highest BCUT2D eigenvalue weighted by atomic mass is 16.5. The minimum atomic E-state index is -0.606. The van der Waals surface area contributed by atoms with Gasteiger partial charge in [0.1, 0.15) is 5.76 Å². The van der Waals surface area contributed by atoms with Crippen molar-refractivity contribution in [3.05, 3.63) is 29.3 Å². The zero-order valence-electron chi connectivity index (χ0n) is 10.7. The lowest BCUT2D eigenvalue weighted by Gasteiger charge is -2.08. The summed E-state index contributed by atoms with van der Waals surface area (Å²) in [6.07, 6.45) is 1.11. The highest BCUT2D eigenvalue weighted by molar-refractivity contribution is 6.06. The Bertz CT molecular complexity index is 573. The van der Waals surface area contributed by atoms with Gasteiger partial charge in [0.2, 0.25) is 0 Å². The minimum Gasteiger partial charge on any atom is -0.493 e. The molecule has 0 unspecified atom stereocenters. The SMILES string of the molecule is COC(=O)/C=C1\OC(=O)c2cc(OC)c(OC)cc21. The summed E-state index contributed by atoms with van der Waals surface area (Å²) in [5.41, 5.74) is 0.779. The van der Waals surface area contributed by atoms with E-state index in [0.29, 0.717) is 22.6 Å². The smallest absolute Gasteiger partial charge is 0.344 e. The Balaban J connectivity index is 2.55. The molecule has 0 N–H and O–H groups in total. The van der Waals surface area contributed by atoms with Crippen molar-refractivity contribution in [2.24, 2.45) is 0 Å². The molecule has 1 aliphatic heterocycles. The van der Waals surface area contributed by atoms with Crippen molar-refractivity contribution >= 4 is 17.7 Å². The van der Waals surface area contributed by atoms with Crippen molar-refractivity contribution in [1.29, 1.82) is 0 Å². The second-order valence-electron chi connectivity index (χ2n) is 3.67. The molecule has 0 saturated heterocycles. The number of esters is 2. The number of benzene rings is 1. The predicted molar refractivity (Wildman–Crippen MR) is 65.0 cm³/mol. The van der Waals surface area contributed by atoms with Gasteiger partial charge in [-0.2, -0.15) is 0 Å². The van der Waals surface area contributed by atoms with Crippen LogP contribution in [-0.4, -0.2) is 33.3 Å². The molecule has 0 aliphatic carbocycles. The van der Waals surface area contributed by atoms with E-state index in [2.05, 4.69) is 4.74 Å². The van der Waals surface area contributed by atoms with Gasteiger partial charge in [-0.05, 0) is 12.1 Å². The zero-order chi connectivity index (χ0) is 14.0. The van der Waals surface area contributed by atoms with Crippen molar-refractivity contribution in [1.82, 2.24) is 0 Å². The lowest BCUT2D eigenvalue weighted by atomic mass is 10.1. The number of hydrogen-bond donors (Lipinski definition) is 0. The van der Waals surface area contributed by atoms with Crippen molar-refractivity contribution in [3.63, 3.8) is 0 Å². The number of rotatable bonds is 3. The van der Waals surface area contributed by atoms with E-state index in [1.54, 1.807) is 6.07 Å². The minimum absolute atomic E-state index is 0.132. The summed E-state index contributed by atoms with van der Waals surface area (Å²) in [7, 11) is 4.19. The average molecular weight is 264 g/mol. The zero-order valence-corrected chi connectivity index (χ0v) is 10.7. The van der Waals surface area contributed by atoms with E-state index in [-0.39, 0.29) is 5.76 Å². The van der Waals surface area contributed by atoms with Crippen LogP contribution in [0.4, 0.5) is 0 Å². The number of ether oxygens (including phenoxy) is 4. The molecule has 0 bridgehead atoms. The number of hydrogen-bond acceptors (Lipinski definition) is 6. The summed E-state index contributed by atoms with van der Waals surface area (Å²) in [5.74, 6) is -0.169. The number of carbonyl (C=O) groups excluding carboxylic acids is 2. The summed E-state index contributed by atoms with van der Waals surface area (Å²) < 4.78 is 19.8. The number of methoxy groups -OCH3 is 3. The Morgan fingerprint density at radius 1 is 1.11 bits per heavy atom. The van der Waals surface area contributed by atoms with Crippen LogP contribution in [0.3, 0.4) is 0 Å². The van der Waals surface area contributed by atoms with Crippen LogP contribution in [0.2, 0.25) is 0 Å². The van der Waals surface area contributed by atoms with Gasteiger partial charge in [0.05, 0.1) is 33.0 Å². The molecule has 0 spiro atoms. The monoisotopic (exact) mass is 264 g/mol. The largest absolute Gasteiger partial charge is 0.493 e. The van der Waals surface area contributed by atoms with Crippen molar-refractivity contribution < 1.29 is 28.5 Å². The molecule has 0 amide bonds. The van der Waals surface area contributed by atoms with E-state index in [1.165, 1.54) is 27.4 Å². The van der Waals surface area contributed by atoms with Crippen LogP contribution in [-0.2, 0) is 14.3 Å². The number of fused-ring (bicyclic) bond motifs is 1. The molecular weight excluding hydrogens is 252 g/mol. The van der Waals surface area contributed by atoms with Gasteiger partial charge >= 0.3 is 11.9 Å². The van der Waals surface area contributed by atoms with E-state index in [0.717, 1.165) is 6.08 Å². The molecule has 0 atom stereocenters. The van der Waals surface area contributed by atoms with Gasteiger partial charge in [-0.15, -0.1) is 0 Å². The second kappa shape index (κ2) is 5.01. The van der Waals surface area contributed by atoms with Gasteiger partial charge < -0.3 is 18.9 Å². The fraction of sp³-hybridized carbons (Fsp3) is 0.231. The van der Waals surface area contributed by atoms with Crippen molar-refractivity contribution in [2.45, 2.75) is 0 Å². The van der Waals surface area contributed by atoms with Gasteiger partial charge in [-0.25, -0.2) is 9.59 Å². The molecule has 100 valence electrons. The Kier molecular flexibility index (Phi) is 3.41. The third-order valence-corrected chi connectivity index (χ3v) is 2.66. The van der Waals surface area contributed by atoms with Crippen LogP contribution in [0.25, 0.3) is 5.76 Å². The first-order valence-corrected chi connectivity index (χ1v) is 5.39. The van der Waals surface area contributed by atoms with Crippen LogP contribution in [0.15, 0.2) is 18.2 Å². The van der Waals surface area contributed by atoms with Crippen LogP contribution < -0.4 is 9.47 Å². The molecule has 2 rings (SSSR count). The van der Waals surface area contributed by atoms with Crippen LogP contribution in [0.5, 0.6) is 11.5 Å². The Hall–Kier alpha value is -2.50. The maximum Gasteiger partial charge on any atom is 0.344 e. The van der Waals surface area contributed by atoms with Gasteiger partial charge in [-0.3, -0.25) is 0 Å². The molecule has 19 heavy (non-hydrogen) atoms. The molecule has 0 saturated carbocycles. The highest BCUT2D eigenvalue weighted by Gasteiger charge is 2.29. The Morgan fingerprint density at radius 3 is 2.21 bits per heavy atom. The molecule has 6 nitrogen and oxygen atoms in total. The maximum atomic E-state index is 11.7. The quantitative estimate of drug-likeness (QED) is 0.607. The molecule has 0 aromatic heterocycles. The lowest BCUT2D eigenvalue weighted by Crippen LogP contribution is -1.97. The van der Waals surface area contributed by atoms with E-state index in [4.69, 9.17) is 14.2 Å². The average Bonchev–Trinajstić information content (AvgIpc) is 2.73. The fourth-order valence-corrected chi connectivity index (χ4v) is 1.73. The highest BCUT2D eigenvalue weighted by Crippen LogP contribution is 2.38. The first-order valence-electron chi connectivity index (χ1n) is 5.39. The van der Waals surface area contributed by atoms with Gasteiger partial charge in [-0.1, -0.05) is 0 Å². The van der Waals surface area contributed by atoms with Crippen molar-refractivity contribution in [2.75, 3.05) is 21.3 Å². The first-order chi connectivity index (χ1) is 9.10. The summed E-state index contributed by atoms with van der Waals surface area (Å²) in [5, 5.41) is 0. The fourth-order valence-electron chi connectivity index (χ4n) is 1.73. The lowest BCUT2D eigenvalue weighted by molar-refractivity contribution is -0.134. The first kappa shape index (κ1) is 12.9. The summed E-state index contributed by atoms with van der Waals surface area (Å²) >= 11 is 0. The van der Waals surface area contributed by atoms with E-state index >= 15 is 0 Å². The molecule has 1 aromatic rings. The molecule has 6 heteroatoms. The van der Waals surface area contributed by atoms with Crippen molar-refractivity contribution in [3.8, 4) is 11.5 Å². The number of carbonyl (C=O) groups is 2. The third-order valence-electron chi connectivity index (χ3n) is 2.66. The molecule has 0 radical (unpaired) electrons. The normalized spacial score (nSPS) is 14.9. The van der Waals surface area contributed by atoms with Crippen LogP contribution >= 0.6 is 0 Å². The summed E-state index contributed by atoms with van der Waals surface area (Å²) in [6.45, 7) is 0. The Morgan fingerprint density at radius 2 is 1.68 bits per heavy atom. The predicted octanol–water partition coefficient (Wildman–Crippen LogP) is 1.39. The van der Waals surface area contributed by atoms with Crippen LogP contribution in [0.1, 0.15) is 15.9 Å². The second-order valence-corrected chi connectivity index (χ2v) is 3.67. The third kappa shape index (κ3) is 2.24.